The minimum absolute atomic E-state index is 0.0692. The fourth-order valence-electron chi connectivity index (χ4n) is 5.36. The highest BCUT2D eigenvalue weighted by Crippen LogP contribution is 2.53. The van der Waals surface area contributed by atoms with E-state index in [1.165, 1.54) is 16.7 Å². The number of aryl methyl sites for hydroxylation is 1. The molecule has 41 heavy (non-hydrogen) atoms. The second-order valence-electron chi connectivity index (χ2n) is 11.3. The lowest BCUT2D eigenvalue weighted by Gasteiger charge is -2.22. The third kappa shape index (κ3) is 7.79. The van der Waals surface area contributed by atoms with Crippen molar-refractivity contribution in [2.45, 2.75) is 50.2 Å². The Hall–Kier alpha value is -3.12. The van der Waals surface area contributed by atoms with Crippen molar-refractivity contribution in [3.63, 3.8) is 0 Å². The molecule has 212 valence electrons. The van der Waals surface area contributed by atoms with Crippen molar-refractivity contribution in [1.82, 2.24) is 4.98 Å². The number of aliphatic hydroxyl groups excluding tert-OH is 1. The van der Waals surface area contributed by atoms with Gasteiger partial charge in [-0.2, -0.15) is 11.8 Å². The summed E-state index contributed by atoms with van der Waals surface area (Å²) in [7, 11) is 0. The Morgan fingerprint density at radius 1 is 1.05 bits per heavy atom. The van der Waals surface area contributed by atoms with Gasteiger partial charge < -0.3 is 10.2 Å². The molecule has 0 radical (unpaired) electrons. The Morgan fingerprint density at radius 3 is 2.63 bits per heavy atom. The third-order valence-corrected chi connectivity index (χ3v) is 9.94. The number of carboxylic acids is 1. The number of thioether (sulfide) groups is 1. The molecule has 0 aliphatic heterocycles. The molecular formula is C35H36ClNO3S. The molecule has 2 N–H and O–H groups in total. The maximum absolute atomic E-state index is 11.5. The molecule has 5 rings (SSSR count). The van der Waals surface area contributed by atoms with Gasteiger partial charge in [0.25, 0.3) is 0 Å². The lowest BCUT2D eigenvalue weighted by atomic mass is 9.92. The van der Waals surface area contributed by atoms with Gasteiger partial charge in [-0.15, -0.1) is 0 Å². The number of aliphatic hydroxyl groups is 1. The number of aromatic nitrogens is 1. The normalized spacial score (nSPS) is 15.7. The van der Waals surface area contributed by atoms with Gasteiger partial charge in [0.1, 0.15) is 0 Å². The number of hydrogen-bond donors (Lipinski definition) is 2. The van der Waals surface area contributed by atoms with E-state index in [0.717, 1.165) is 53.6 Å². The van der Waals surface area contributed by atoms with E-state index in [9.17, 15) is 15.0 Å². The van der Waals surface area contributed by atoms with E-state index in [1.807, 2.05) is 48.2 Å². The van der Waals surface area contributed by atoms with Crippen molar-refractivity contribution in [1.29, 1.82) is 0 Å². The maximum atomic E-state index is 11.5. The first-order chi connectivity index (χ1) is 19.8. The number of hydrogen-bond acceptors (Lipinski definition) is 4. The Kier molecular flexibility index (Phi) is 9.49. The molecule has 0 bridgehead atoms. The summed E-state index contributed by atoms with van der Waals surface area (Å²) in [5, 5.41) is 21.2. The zero-order valence-corrected chi connectivity index (χ0v) is 24.9. The van der Waals surface area contributed by atoms with Crippen molar-refractivity contribution in [3.8, 4) is 0 Å². The van der Waals surface area contributed by atoms with Crippen LogP contribution in [0.4, 0.5) is 0 Å². The summed E-state index contributed by atoms with van der Waals surface area (Å²) < 4.78 is 0. The standard InChI is InChI=1S/C35H36ClNO3S/c1-24(22-38)31-8-3-2-6-26(31)12-16-33(41-23-35(17-18-35)21-34(39)40)28-7-4-5-25(19-28)9-14-30-15-11-27-10-13-29(36)20-32(27)37-30/h2-11,13-15,19-20,24,33,38H,12,16-18,21-23H2,1H3,(H,39,40)/b14-9+/t24?,33-/m1/s1. The molecule has 6 heteroatoms. The highest BCUT2D eigenvalue weighted by atomic mass is 35.5. The number of halogens is 1. The van der Waals surface area contributed by atoms with Crippen LogP contribution in [-0.2, 0) is 11.2 Å². The van der Waals surface area contributed by atoms with Gasteiger partial charge in [0, 0.05) is 33.9 Å². The van der Waals surface area contributed by atoms with E-state index >= 15 is 0 Å². The molecule has 2 atom stereocenters. The quantitative estimate of drug-likeness (QED) is 0.164. The van der Waals surface area contributed by atoms with E-state index < -0.39 is 5.97 Å². The molecule has 1 aliphatic carbocycles. The Morgan fingerprint density at radius 2 is 1.85 bits per heavy atom. The molecule has 1 saturated carbocycles. The number of fused-ring (bicyclic) bond motifs is 1. The minimum atomic E-state index is -0.705. The molecule has 1 heterocycles. The molecule has 1 aromatic heterocycles. The summed E-state index contributed by atoms with van der Waals surface area (Å²) in [6.45, 7) is 2.18. The van der Waals surface area contributed by atoms with Crippen LogP contribution in [0.25, 0.3) is 23.1 Å². The molecule has 4 aromatic rings. The Bertz CT molecular complexity index is 1550. The molecule has 1 aliphatic rings. The first-order valence-corrected chi connectivity index (χ1v) is 15.6. The summed E-state index contributed by atoms with van der Waals surface area (Å²) in [6, 6.07) is 26.8. The van der Waals surface area contributed by atoms with Crippen molar-refractivity contribution >= 4 is 52.4 Å². The van der Waals surface area contributed by atoms with Crippen LogP contribution in [0.3, 0.4) is 0 Å². The van der Waals surface area contributed by atoms with Crippen molar-refractivity contribution in [3.05, 3.63) is 112 Å². The molecule has 4 nitrogen and oxygen atoms in total. The second kappa shape index (κ2) is 13.2. The van der Waals surface area contributed by atoms with Crippen molar-refractivity contribution in [2.75, 3.05) is 12.4 Å². The number of carboxylic acid groups (broad SMARTS) is 1. The van der Waals surface area contributed by atoms with Gasteiger partial charge >= 0.3 is 5.97 Å². The van der Waals surface area contributed by atoms with E-state index in [4.69, 9.17) is 16.6 Å². The average Bonchev–Trinajstić information content (AvgIpc) is 3.74. The molecule has 0 spiro atoms. The number of benzene rings is 3. The maximum Gasteiger partial charge on any atom is 0.303 e. The third-order valence-electron chi connectivity index (χ3n) is 8.01. The van der Waals surface area contributed by atoms with Crippen LogP contribution in [0.2, 0.25) is 5.02 Å². The molecule has 0 amide bonds. The average molecular weight is 586 g/mol. The minimum Gasteiger partial charge on any atom is -0.481 e. The van der Waals surface area contributed by atoms with Crippen molar-refractivity contribution in [2.24, 2.45) is 5.41 Å². The molecule has 3 aromatic carbocycles. The van der Waals surface area contributed by atoms with Gasteiger partial charge in [-0.25, -0.2) is 4.98 Å². The fourth-order valence-corrected chi connectivity index (χ4v) is 7.10. The molecule has 0 saturated heterocycles. The highest BCUT2D eigenvalue weighted by Gasteiger charge is 2.44. The van der Waals surface area contributed by atoms with Crippen molar-refractivity contribution < 1.29 is 15.0 Å². The van der Waals surface area contributed by atoms with Crippen LogP contribution in [0.5, 0.6) is 0 Å². The van der Waals surface area contributed by atoms with Gasteiger partial charge in [-0.1, -0.05) is 85.3 Å². The SMILES string of the molecule is CC(CO)c1ccccc1CC[C@@H](SCC1(CC(=O)O)CC1)c1cccc(/C=C/c2ccc3ccc(Cl)cc3n2)c1. The van der Waals surface area contributed by atoms with Crippen LogP contribution in [-0.4, -0.2) is 33.5 Å². The number of rotatable bonds is 13. The summed E-state index contributed by atoms with van der Waals surface area (Å²) >= 11 is 8.06. The topological polar surface area (TPSA) is 70.4 Å². The van der Waals surface area contributed by atoms with E-state index in [2.05, 4.69) is 61.5 Å². The van der Waals surface area contributed by atoms with Crippen LogP contribution in [0, 0.1) is 5.41 Å². The monoisotopic (exact) mass is 585 g/mol. The summed E-state index contributed by atoms with van der Waals surface area (Å²) in [4.78, 5) is 16.2. The number of aliphatic carboxylic acids is 1. The zero-order chi connectivity index (χ0) is 28.8. The van der Waals surface area contributed by atoms with Gasteiger partial charge in [-0.05, 0) is 77.6 Å². The van der Waals surface area contributed by atoms with E-state index in [-0.39, 0.29) is 29.6 Å². The first-order valence-electron chi connectivity index (χ1n) is 14.2. The highest BCUT2D eigenvalue weighted by molar-refractivity contribution is 7.99. The van der Waals surface area contributed by atoms with Gasteiger partial charge in [0.15, 0.2) is 0 Å². The second-order valence-corrected chi connectivity index (χ2v) is 12.9. The Balaban J connectivity index is 1.36. The smallest absolute Gasteiger partial charge is 0.303 e. The van der Waals surface area contributed by atoms with Crippen LogP contribution >= 0.6 is 23.4 Å². The number of nitrogens with zero attached hydrogens (tertiary/aromatic N) is 1. The first kappa shape index (κ1) is 29.4. The predicted molar refractivity (Wildman–Crippen MR) is 172 cm³/mol. The zero-order valence-electron chi connectivity index (χ0n) is 23.3. The largest absolute Gasteiger partial charge is 0.481 e. The fraction of sp³-hybridized carbons (Fsp3) is 0.314. The number of pyridine rings is 1. The summed E-state index contributed by atoms with van der Waals surface area (Å²) in [6.07, 6.45) is 8.17. The van der Waals surface area contributed by atoms with Crippen LogP contribution in [0.15, 0.2) is 78.9 Å². The summed E-state index contributed by atoms with van der Waals surface area (Å²) in [5.74, 6) is 0.238. The van der Waals surface area contributed by atoms with Gasteiger partial charge in [-0.3, -0.25) is 4.79 Å². The lowest BCUT2D eigenvalue weighted by Crippen LogP contribution is -2.12. The number of carbonyl (C=O) groups is 1. The summed E-state index contributed by atoms with van der Waals surface area (Å²) in [5.41, 5.74) is 6.48. The predicted octanol–water partition coefficient (Wildman–Crippen LogP) is 8.82. The van der Waals surface area contributed by atoms with Crippen LogP contribution in [0.1, 0.15) is 71.7 Å². The van der Waals surface area contributed by atoms with E-state index in [1.54, 1.807) is 0 Å². The van der Waals surface area contributed by atoms with E-state index in [0.29, 0.717) is 5.02 Å². The van der Waals surface area contributed by atoms with Gasteiger partial charge in [0.05, 0.1) is 17.6 Å². The molecule has 1 unspecified atom stereocenters. The molecule has 1 fully saturated rings. The lowest BCUT2D eigenvalue weighted by molar-refractivity contribution is -0.138. The van der Waals surface area contributed by atoms with Crippen LogP contribution < -0.4 is 0 Å². The molecular weight excluding hydrogens is 550 g/mol. The Labute approximate surface area is 251 Å². The van der Waals surface area contributed by atoms with Gasteiger partial charge in [0.2, 0.25) is 0 Å².